The average Bonchev–Trinajstić information content (AvgIpc) is 2.60. The second-order valence-electron chi connectivity index (χ2n) is 4.51. The maximum absolute atomic E-state index is 5.77. The fraction of sp³-hybridized carbons (Fsp3) is 0.727. The highest BCUT2D eigenvalue weighted by atomic mass is 15.3. The van der Waals surface area contributed by atoms with Crippen LogP contribution in [0.4, 0.5) is 0 Å². The zero-order valence-electron chi connectivity index (χ0n) is 10.2. The van der Waals surface area contributed by atoms with Crippen LogP contribution in [0.2, 0.25) is 0 Å². The van der Waals surface area contributed by atoms with Crippen molar-refractivity contribution in [2.24, 2.45) is 12.8 Å². The van der Waals surface area contributed by atoms with Gasteiger partial charge in [0.2, 0.25) is 0 Å². The number of hydrogen-bond acceptors (Lipinski definition) is 3. The minimum atomic E-state index is 0.0340. The molecule has 1 aromatic heterocycles. The van der Waals surface area contributed by atoms with Gasteiger partial charge in [0, 0.05) is 31.9 Å². The Labute approximate surface area is 92.1 Å². The summed E-state index contributed by atoms with van der Waals surface area (Å²) in [5.41, 5.74) is 6.91. The maximum atomic E-state index is 5.77. The van der Waals surface area contributed by atoms with Crippen molar-refractivity contribution in [1.82, 2.24) is 14.7 Å². The van der Waals surface area contributed by atoms with Crippen LogP contribution in [0.3, 0.4) is 0 Å². The van der Waals surface area contributed by atoms with Crippen LogP contribution in [0, 0.1) is 0 Å². The van der Waals surface area contributed by atoms with Crippen LogP contribution in [0.25, 0.3) is 0 Å². The Morgan fingerprint density at radius 1 is 1.53 bits per heavy atom. The zero-order valence-corrected chi connectivity index (χ0v) is 10.2. The first-order valence-corrected chi connectivity index (χ1v) is 5.43. The van der Waals surface area contributed by atoms with Gasteiger partial charge in [0.1, 0.15) is 0 Å². The molecule has 2 N–H and O–H groups in total. The molecule has 1 aromatic rings. The second kappa shape index (κ2) is 4.77. The van der Waals surface area contributed by atoms with Gasteiger partial charge in [-0.05, 0) is 26.5 Å². The van der Waals surface area contributed by atoms with Gasteiger partial charge in [-0.2, -0.15) is 5.10 Å². The van der Waals surface area contributed by atoms with Crippen molar-refractivity contribution in [3.8, 4) is 0 Å². The first kappa shape index (κ1) is 12.2. The standard InChI is InChI=1S/C11H22N4/c1-5-15(11(2,3)9-12)8-10-6-7-14(4)13-10/h6-7H,5,8-9,12H2,1-4H3. The van der Waals surface area contributed by atoms with Crippen molar-refractivity contribution >= 4 is 0 Å². The highest BCUT2D eigenvalue weighted by Crippen LogP contribution is 2.15. The van der Waals surface area contributed by atoms with Crippen LogP contribution >= 0.6 is 0 Å². The number of likely N-dealkylation sites (N-methyl/N-ethyl adjacent to an activating group) is 1. The Kier molecular flexibility index (Phi) is 3.88. The number of hydrogen-bond donors (Lipinski definition) is 1. The minimum absolute atomic E-state index is 0.0340. The number of nitrogens with zero attached hydrogens (tertiary/aromatic N) is 3. The van der Waals surface area contributed by atoms with Gasteiger partial charge in [0.15, 0.2) is 0 Å². The lowest BCUT2D eigenvalue weighted by molar-refractivity contribution is 0.124. The third-order valence-electron chi connectivity index (χ3n) is 2.86. The van der Waals surface area contributed by atoms with Gasteiger partial charge in [0.25, 0.3) is 0 Å². The summed E-state index contributed by atoms with van der Waals surface area (Å²) in [6.07, 6.45) is 1.97. The summed E-state index contributed by atoms with van der Waals surface area (Å²) in [5.74, 6) is 0. The third kappa shape index (κ3) is 3.04. The SMILES string of the molecule is CCN(Cc1ccn(C)n1)C(C)(C)CN. The number of aromatic nitrogens is 2. The molecule has 0 aliphatic heterocycles. The van der Waals surface area contributed by atoms with Gasteiger partial charge in [-0.3, -0.25) is 9.58 Å². The van der Waals surface area contributed by atoms with Gasteiger partial charge < -0.3 is 5.73 Å². The fourth-order valence-electron chi connectivity index (χ4n) is 1.63. The molecule has 0 fully saturated rings. The zero-order chi connectivity index (χ0) is 11.5. The number of aryl methyl sites for hydroxylation is 1. The molecule has 1 heterocycles. The van der Waals surface area contributed by atoms with Gasteiger partial charge in [0.05, 0.1) is 5.69 Å². The van der Waals surface area contributed by atoms with Crippen molar-refractivity contribution in [2.75, 3.05) is 13.1 Å². The molecule has 0 saturated heterocycles. The van der Waals surface area contributed by atoms with E-state index in [1.54, 1.807) is 0 Å². The van der Waals surface area contributed by atoms with Crippen LogP contribution < -0.4 is 5.73 Å². The molecule has 4 nitrogen and oxygen atoms in total. The van der Waals surface area contributed by atoms with Crippen LogP contribution in [0.1, 0.15) is 26.5 Å². The van der Waals surface area contributed by atoms with Crippen LogP contribution in [0.15, 0.2) is 12.3 Å². The summed E-state index contributed by atoms with van der Waals surface area (Å²) in [7, 11) is 1.94. The lowest BCUT2D eigenvalue weighted by Crippen LogP contribution is -2.48. The molecule has 0 aliphatic rings. The second-order valence-corrected chi connectivity index (χ2v) is 4.51. The fourth-order valence-corrected chi connectivity index (χ4v) is 1.63. The van der Waals surface area contributed by atoms with Crippen LogP contribution in [-0.4, -0.2) is 33.3 Å². The molecule has 0 spiro atoms. The number of rotatable bonds is 5. The third-order valence-corrected chi connectivity index (χ3v) is 2.86. The molecule has 0 bridgehead atoms. The van der Waals surface area contributed by atoms with E-state index in [1.165, 1.54) is 0 Å². The van der Waals surface area contributed by atoms with Gasteiger partial charge >= 0.3 is 0 Å². The van der Waals surface area contributed by atoms with E-state index in [9.17, 15) is 0 Å². The predicted octanol–water partition coefficient (Wildman–Crippen LogP) is 0.979. The largest absolute Gasteiger partial charge is 0.329 e. The Morgan fingerprint density at radius 2 is 2.20 bits per heavy atom. The van der Waals surface area contributed by atoms with Gasteiger partial charge in [-0.15, -0.1) is 0 Å². The lowest BCUT2D eigenvalue weighted by atomic mass is 10.0. The molecule has 86 valence electrons. The van der Waals surface area contributed by atoms with Crippen molar-refractivity contribution in [1.29, 1.82) is 0 Å². The highest BCUT2D eigenvalue weighted by molar-refractivity contribution is 5.00. The highest BCUT2D eigenvalue weighted by Gasteiger charge is 2.24. The summed E-state index contributed by atoms with van der Waals surface area (Å²) >= 11 is 0. The van der Waals surface area contributed by atoms with Crippen molar-refractivity contribution in [2.45, 2.75) is 32.9 Å². The first-order valence-electron chi connectivity index (χ1n) is 5.43. The van der Waals surface area contributed by atoms with Gasteiger partial charge in [-0.1, -0.05) is 6.92 Å². The summed E-state index contributed by atoms with van der Waals surface area (Å²) in [5, 5.41) is 4.38. The monoisotopic (exact) mass is 210 g/mol. The summed E-state index contributed by atoms with van der Waals surface area (Å²) in [6.45, 7) is 9.00. The molecule has 0 aromatic carbocycles. The Morgan fingerprint density at radius 3 is 2.60 bits per heavy atom. The van der Waals surface area contributed by atoms with Crippen LogP contribution in [-0.2, 0) is 13.6 Å². The molecule has 0 radical (unpaired) electrons. The van der Waals surface area contributed by atoms with E-state index in [-0.39, 0.29) is 5.54 Å². The quantitative estimate of drug-likeness (QED) is 0.788. The predicted molar refractivity (Wildman–Crippen MR) is 62.4 cm³/mol. The van der Waals surface area contributed by atoms with Crippen molar-refractivity contribution in [3.63, 3.8) is 0 Å². The Hall–Kier alpha value is -0.870. The maximum Gasteiger partial charge on any atom is 0.0764 e. The lowest BCUT2D eigenvalue weighted by Gasteiger charge is -2.36. The van der Waals surface area contributed by atoms with E-state index in [4.69, 9.17) is 5.73 Å². The molecule has 15 heavy (non-hydrogen) atoms. The minimum Gasteiger partial charge on any atom is -0.329 e. The molecular formula is C11H22N4. The van der Waals surface area contributed by atoms with E-state index >= 15 is 0 Å². The van der Waals surface area contributed by atoms with E-state index in [0.29, 0.717) is 6.54 Å². The normalized spacial score (nSPS) is 12.4. The summed E-state index contributed by atoms with van der Waals surface area (Å²) in [6, 6.07) is 2.05. The topological polar surface area (TPSA) is 47.1 Å². The van der Waals surface area contributed by atoms with Crippen LogP contribution in [0.5, 0.6) is 0 Å². The molecule has 4 heteroatoms. The molecule has 0 saturated carbocycles. The van der Waals surface area contributed by atoms with Gasteiger partial charge in [-0.25, -0.2) is 0 Å². The molecule has 0 atom stereocenters. The average molecular weight is 210 g/mol. The number of nitrogens with two attached hydrogens (primary N) is 1. The molecule has 0 unspecified atom stereocenters. The van der Waals surface area contributed by atoms with E-state index in [0.717, 1.165) is 18.8 Å². The molecule has 0 aliphatic carbocycles. The van der Waals surface area contributed by atoms with E-state index in [1.807, 2.05) is 17.9 Å². The van der Waals surface area contributed by atoms with Crippen molar-refractivity contribution < 1.29 is 0 Å². The summed E-state index contributed by atoms with van der Waals surface area (Å²) in [4.78, 5) is 2.34. The Balaban J connectivity index is 2.69. The smallest absolute Gasteiger partial charge is 0.0764 e. The summed E-state index contributed by atoms with van der Waals surface area (Å²) < 4.78 is 1.83. The van der Waals surface area contributed by atoms with Crippen molar-refractivity contribution in [3.05, 3.63) is 18.0 Å². The van der Waals surface area contributed by atoms with E-state index < -0.39 is 0 Å². The van der Waals surface area contributed by atoms with E-state index in [2.05, 4.69) is 36.8 Å². The molecule has 0 amide bonds. The first-order chi connectivity index (χ1) is 6.99. The Bertz CT molecular complexity index is 303. The molecule has 1 rings (SSSR count). The molecular weight excluding hydrogens is 188 g/mol.